The number of fused-ring (bicyclic) bond motifs is 2. The van der Waals surface area contributed by atoms with E-state index in [9.17, 15) is 36.0 Å². The summed E-state index contributed by atoms with van der Waals surface area (Å²) >= 11 is 0. The fourth-order valence-electron chi connectivity index (χ4n) is 5.71. The Hall–Kier alpha value is -8.76. The summed E-state index contributed by atoms with van der Waals surface area (Å²) in [5, 5.41) is 61.1. The second kappa shape index (κ2) is 12.0. The maximum atomic E-state index is 15.6. The van der Waals surface area contributed by atoms with Gasteiger partial charge in [-0.15, -0.1) is 0 Å². The standard InChI is InChI=1S/C35H4F3N11/c1-45-24-7-21(36)17(6-22(24)37)31-34(26(13-44)47-3)30-19(10-41)28-18(9-40)27(16-5-15(8-39)49-14-23(16)38)33(25(12-43)46-2)29(28)20(11-42)32(30)35(31)48-4/h5-7,14H/b33-25-,34-26-. The summed E-state index contributed by atoms with van der Waals surface area (Å²) in [5.74, 6) is -3.62. The smallest absolute Gasteiger partial charge is 0.242 e. The van der Waals surface area contributed by atoms with Gasteiger partial charge >= 0.3 is 0 Å². The Balaban J connectivity index is 2.14. The molecule has 49 heavy (non-hydrogen) atoms. The van der Waals surface area contributed by atoms with Crippen LogP contribution in [0, 0.1) is 112 Å². The van der Waals surface area contributed by atoms with E-state index < -0.39 is 113 Å². The first kappa shape index (κ1) is 31.7. The molecule has 3 aromatic rings. The molecule has 0 bridgehead atoms. The highest BCUT2D eigenvalue weighted by Crippen LogP contribution is 2.59. The molecule has 0 saturated heterocycles. The van der Waals surface area contributed by atoms with Gasteiger partial charge in [0.1, 0.15) is 41.4 Å². The third-order valence-electron chi connectivity index (χ3n) is 7.50. The Morgan fingerprint density at radius 1 is 0.612 bits per heavy atom. The molecule has 0 fully saturated rings. The molecule has 2 aliphatic carbocycles. The van der Waals surface area contributed by atoms with Gasteiger partial charge in [-0.2, -0.15) is 21.0 Å². The summed E-state index contributed by atoms with van der Waals surface area (Å²) in [6.45, 7) is 30.5. The molecule has 14 heteroatoms. The first-order chi connectivity index (χ1) is 23.7. The van der Waals surface area contributed by atoms with E-state index in [2.05, 4.69) is 24.4 Å². The minimum atomic E-state index is -1.26. The first-order valence-electron chi connectivity index (χ1n) is 12.9. The van der Waals surface area contributed by atoms with Gasteiger partial charge in [-0.05, 0) is 40.5 Å². The number of rotatable bonds is 2. The predicted molar refractivity (Wildman–Crippen MR) is 162 cm³/mol. The number of aromatic nitrogens is 1. The maximum Gasteiger partial charge on any atom is 0.270 e. The molecule has 11 nitrogen and oxygen atoms in total. The van der Waals surface area contributed by atoms with Crippen molar-refractivity contribution in [2.75, 3.05) is 0 Å². The van der Waals surface area contributed by atoms with Crippen LogP contribution in [0.4, 0.5) is 18.9 Å². The van der Waals surface area contributed by atoms with Crippen molar-refractivity contribution in [1.29, 1.82) is 31.6 Å². The molecule has 0 radical (unpaired) electrons. The monoisotopic (exact) mass is 635 g/mol. The van der Waals surface area contributed by atoms with Gasteiger partial charge in [0.25, 0.3) is 11.4 Å². The van der Waals surface area contributed by atoms with Crippen LogP contribution >= 0.6 is 0 Å². The van der Waals surface area contributed by atoms with Crippen LogP contribution < -0.4 is 0 Å². The molecule has 0 N–H and O–H groups in total. The van der Waals surface area contributed by atoms with E-state index in [1.165, 1.54) is 0 Å². The summed E-state index contributed by atoms with van der Waals surface area (Å²) in [6.07, 6.45) is 0.644. The van der Waals surface area contributed by atoms with E-state index >= 15 is 8.78 Å². The highest BCUT2D eigenvalue weighted by molar-refractivity contribution is 6.31. The zero-order valence-electron chi connectivity index (χ0n) is 23.9. The Bertz CT molecular complexity index is 2710. The Labute approximate surface area is 274 Å². The minimum Gasteiger partial charge on any atom is -0.242 e. The van der Waals surface area contributed by atoms with Gasteiger partial charge in [0.2, 0.25) is 11.4 Å². The third-order valence-corrected chi connectivity index (χ3v) is 7.50. The fraction of sp³-hybridized carbons (Fsp3) is 0. The van der Waals surface area contributed by atoms with Gasteiger partial charge in [0, 0.05) is 33.4 Å². The highest BCUT2D eigenvalue weighted by atomic mass is 19.1. The van der Waals surface area contributed by atoms with Crippen molar-refractivity contribution in [3.63, 3.8) is 0 Å². The number of hydrogen-bond donors (Lipinski definition) is 0. The summed E-state index contributed by atoms with van der Waals surface area (Å²) in [4.78, 5) is 16.3. The molecule has 2 aliphatic rings. The van der Waals surface area contributed by atoms with Crippen LogP contribution in [0.1, 0.15) is 50.2 Å². The van der Waals surface area contributed by atoms with Crippen molar-refractivity contribution in [3.8, 4) is 36.4 Å². The molecule has 0 saturated carbocycles. The predicted octanol–water partition coefficient (Wildman–Crippen LogP) is 7.22. The van der Waals surface area contributed by atoms with Crippen LogP contribution in [0.15, 0.2) is 35.8 Å². The number of nitrogens with zero attached hydrogens (tertiary/aromatic N) is 11. The normalized spacial score (nSPS) is 14.1. The molecular formula is C35H4F3N11. The molecular weight excluding hydrogens is 631 g/mol. The van der Waals surface area contributed by atoms with Gasteiger partial charge in [0.15, 0.2) is 0 Å². The number of benzene rings is 2. The van der Waals surface area contributed by atoms with Gasteiger partial charge < -0.3 is 0 Å². The number of halogens is 3. The Morgan fingerprint density at radius 3 is 1.69 bits per heavy atom. The summed E-state index contributed by atoms with van der Waals surface area (Å²) in [5.41, 5.74) is -10.3. The van der Waals surface area contributed by atoms with Crippen molar-refractivity contribution >= 4 is 39.2 Å². The molecule has 1 heterocycles. The summed E-state index contributed by atoms with van der Waals surface area (Å²) < 4.78 is 46.0. The summed E-state index contributed by atoms with van der Waals surface area (Å²) in [6, 6.07) is 12.3. The largest absolute Gasteiger partial charge is 0.270 e. The molecule has 5 rings (SSSR count). The second-order valence-electron chi connectivity index (χ2n) is 9.62. The maximum absolute atomic E-state index is 15.6. The SMILES string of the molecule is [C-]#[N+]C1=C(c2cc(F)c([N+]#[C-])cc2F)/C(=C(/C#N)[N+]#[C-])c2c(C#N)c3c(c(C#N)c21)/C(=C(/C#N)[N+]#[C-])C(c1cc(C#N)ncc1F)=C3C#N. The van der Waals surface area contributed by atoms with Crippen LogP contribution in [-0.2, 0) is 0 Å². The van der Waals surface area contributed by atoms with Crippen molar-refractivity contribution < 1.29 is 13.2 Å². The van der Waals surface area contributed by atoms with Gasteiger partial charge in [-0.1, -0.05) is 0 Å². The molecule has 0 amide bonds. The summed E-state index contributed by atoms with van der Waals surface area (Å²) in [7, 11) is 0. The van der Waals surface area contributed by atoms with Crippen molar-refractivity contribution in [3.05, 3.63) is 149 Å². The van der Waals surface area contributed by atoms with E-state index in [0.29, 0.717) is 18.3 Å². The van der Waals surface area contributed by atoms with Crippen molar-refractivity contribution in [2.45, 2.75) is 0 Å². The molecule has 0 unspecified atom stereocenters. The zero-order chi connectivity index (χ0) is 35.7. The van der Waals surface area contributed by atoms with Crippen LogP contribution in [0.3, 0.4) is 0 Å². The van der Waals surface area contributed by atoms with Gasteiger partial charge in [0.05, 0.1) is 67.4 Å². The highest BCUT2D eigenvalue weighted by Gasteiger charge is 2.44. The fourth-order valence-corrected chi connectivity index (χ4v) is 5.71. The van der Waals surface area contributed by atoms with Crippen LogP contribution in [0.2, 0.25) is 0 Å². The average Bonchev–Trinajstić information content (AvgIpc) is 3.62. The van der Waals surface area contributed by atoms with Crippen LogP contribution in [0.25, 0.3) is 52.9 Å². The quantitative estimate of drug-likeness (QED) is 0.211. The number of nitriles is 6. The van der Waals surface area contributed by atoms with Crippen LogP contribution in [-0.4, -0.2) is 4.98 Å². The van der Waals surface area contributed by atoms with Gasteiger partial charge in [-0.25, -0.2) is 48.1 Å². The molecule has 0 aliphatic heterocycles. The first-order valence-corrected chi connectivity index (χ1v) is 12.9. The van der Waals surface area contributed by atoms with Crippen molar-refractivity contribution in [2.24, 2.45) is 0 Å². The number of pyridine rings is 1. The Morgan fingerprint density at radius 2 is 1.18 bits per heavy atom. The van der Waals surface area contributed by atoms with E-state index in [4.69, 9.17) is 26.3 Å². The second-order valence-corrected chi connectivity index (χ2v) is 9.62. The number of hydrogen-bond acceptors (Lipinski definition) is 7. The van der Waals surface area contributed by atoms with Crippen LogP contribution in [0.5, 0.6) is 0 Å². The van der Waals surface area contributed by atoms with Gasteiger partial charge in [-0.3, -0.25) is 0 Å². The van der Waals surface area contributed by atoms with E-state index in [0.717, 1.165) is 6.07 Å². The van der Waals surface area contributed by atoms with Crippen molar-refractivity contribution in [1.82, 2.24) is 4.98 Å². The lowest BCUT2D eigenvalue weighted by Gasteiger charge is -2.17. The lowest BCUT2D eigenvalue weighted by atomic mass is 9.84. The topological polar surface area (TPSA) is 173 Å². The zero-order valence-corrected chi connectivity index (χ0v) is 23.9. The lowest BCUT2D eigenvalue weighted by molar-refractivity contribution is 0.602. The van der Waals surface area contributed by atoms with E-state index in [1.54, 1.807) is 24.3 Å². The Kier molecular flexibility index (Phi) is 7.73. The molecule has 220 valence electrons. The molecule has 0 spiro atoms. The van der Waals surface area contributed by atoms with E-state index in [1.807, 2.05) is 12.1 Å². The molecule has 1 aromatic heterocycles. The molecule has 0 atom stereocenters. The molecule has 2 aromatic carbocycles. The minimum absolute atomic E-state index is 0.344. The third kappa shape index (κ3) is 4.32. The number of allylic oxidation sites excluding steroid dienone is 7. The lowest BCUT2D eigenvalue weighted by Crippen LogP contribution is -2.04. The van der Waals surface area contributed by atoms with E-state index in [-0.39, 0.29) is 5.69 Å². The average molecular weight is 635 g/mol.